The van der Waals surface area contributed by atoms with Crippen molar-refractivity contribution in [3.05, 3.63) is 57.9 Å². The molecular formula is C17H10ClF5N2O3. The predicted molar refractivity (Wildman–Crippen MR) is 87.5 cm³/mol. The third-order valence-corrected chi connectivity index (χ3v) is 4.23. The van der Waals surface area contributed by atoms with Crippen LogP contribution in [0.2, 0.25) is 5.02 Å². The van der Waals surface area contributed by atoms with E-state index in [1.54, 1.807) is 0 Å². The van der Waals surface area contributed by atoms with Crippen LogP contribution < -0.4 is 15.0 Å². The number of nitrogens with zero attached hydrogens (tertiary/aromatic N) is 1. The van der Waals surface area contributed by atoms with Crippen LogP contribution in [0.25, 0.3) is 0 Å². The molecule has 0 atom stereocenters. The Hall–Kier alpha value is -2.88. The summed E-state index contributed by atoms with van der Waals surface area (Å²) in [6.07, 6.45) is 0.0351. The maximum Gasteiger partial charge on any atom is 0.328 e. The molecular weight excluding hydrogens is 411 g/mol. The van der Waals surface area contributed by atoms with Crippen molar-refractivity contribution in [2.24, 2.45) is 0 Å². The molecule has 3 amide bonds. The first-order chi connectivity index (χ1) is 13.2. The molecule has 28 heavy (non-hydrogen) atoms. The molecule has 0 spiro atoms. The van der Waals surface area contributed by atoms with E-state index in [-0.39, 0.29) is 29.2 Å². The highest BCUT2D eigenvalue weighted by Gasteiger charge is 2.28. The van der Waals surface area contributed by atoms with Crippen LogP contribution >= 0.6 is 11.6 Å². The fourth-order valence-corrected chi connectivity index (χ4v) is 2.74. The predicted octanol–water partition coefficient (Wildman–Crippen LogP) is 4.06. The van der Waals surface area contributed by atoms with E-state index in [4.69, 9.17) is 16.3 Å². The molecule has 5 nitrogen and oxygen atoms in total. The largest absolute Gasteiger partial charge is 0.483 e. The van der Waals surface area contributed by atoms with Crippen LogP contribution in [0.4, 0.5) is 32.4 Å². The second kappa shape index (κ2) is 7.63. The fourth-order valence-electron chi connectivity index (χ4n) is 2.52. The van der Waals surface area contributed by atoms with Crippen molar-refractivity contribution in [1.29, 1.82) is 0 Å². The number of nitrogens with one attached hydrogen (secondary N) is 1. The number of urea groups is 1. The van der Waals surface area contributed by atoms with Gasteiger partial charge in [-0.25, -0.2) is 18.0 Å². The van der Waals surface area contributed by atoms with E-state index in [1.165, 1.54) is 23.1 Å². The first-order valence-electron chi connectivity index (χ1n) is 7.74. The normalized spacial score (nSPS) is 14.3. The molecule has 1 aliphatic rings. The number of hydrogen-bond donors (Lipinski definition) is 1. The fraction of sp³-hybridized carbons (Fsp3) is 0.176. The van der Waals surface area contributed by atoms with Crippen molar-refractivity contribution >= 4 is 29.2 Å². The van der Waals surface area contributed by atoms with E-state index in [2.05, 4.69) is 5.32 Å². The molecule has 1 aliphatic heterocycles. The SMILES string of the molecule is O=C1CCN(c2cc(COc3c(F)c(F)c(F)c(F)c3F)ccc2Cl)C(=O)N1. The first kappa shape index (κ1) is 19.9. The number of amides is 3. The summed E-state index contributed by atoms with van der Waals surface area (Å²) in [6, 6.07) is 3.36. The number of ether oxygens (including phenoxy) is 1. The number of carbonyl (C=O) groups is 2. The van der Waals surface area contributed by atoms with Gasteiger partial charge in [0.25, 0.3) is 0 Å². The van der Waals surface area contributed by atoms with Crippen molar-refractivity contribution < 1.29 is 36.3 Å². The Morgan fingerprint density at radius 1 is 1.00 bits per heavy atom. The molecule has 1 N–H and O–H groups in total. The molecule has 0 unspecified atom stereocenters. The number of anilines is 1. The van der Waals surface area contributed by atoms with E-state index in [1.807, 2.05) is 0 Å². The summed E-state index contributed by atoms with van der Waals surface area (Å²) >= 11 is 6.05. The maximum absolute atomic E-state index is 13.7. The molecule has 0 radical (unpaired) electrons. The van der Waals surface area contributed by atoms with Gasteiger partial charge in [0.2, 0.25) is 35.0 Å². The summed E-state index contributed by atoms with van der Waals surface area (Å²) in [5.74, 6) is -12.6. The van der Waals surface area contributed by atoms with Crippen molar-refractivity contribution in [3.8, 4) is 5.75 Å². The van der Waals surface area contributed by atoms with Crippen LogP contribution in [0.5, 0.6) is 5.75 Å². The minimum Gasteiger partial charge on any atom is -0.483 e. The van der Waals surface area contributed by atoms with Gasteiger partial charge >= 0.3 is 6.03 Å². The molecule has 0 bridgehead atoms. The Balaban J connectivity index is 1.85. The topological polar surface area (TPSA) is 58.6 Å². The van der Waals surface area contributed by atoms with Crippen molar-refractivity contribution in [1.82, 2.24) is 5.32 Å². The highest BCUT2D eigenvalue weighted by molar-refractivity contribution is 6.34. The van der Waals surface area contributed by atoms with Crippen LogP contribution in [0.15, 0.2) is 18.2 Å². The van der Waals surface area contributed by atoms with Gasteiger partial charge in [-0.3, -0.25) is 15.0 Å². The number of rotatable bonds is 4. The molecule has 3 rings (SSSR count). The van der Waals surface area contributed by atoms with Gasteiger partial charge in [-0.15, -0.1) is 0 Å². The van der Waals surface area contributed by atoms with E-state index in [9.17, 15) is 31.5 Å². The van der Waals surface area contributed by atoms with Crippen LogP contribution in [-0.4, -0.2) is 18.5 Å². The number of hydrogen-bond acceptors (Lipinski definition) is 3. The van der Waals surface area contributed by atoms with Crippen LogP contribution in [0, 0.1) is 29.1 Å². The lowest BCUT2D eigenvalue weighted by molar-refractivity contribution is -0.120. The molecule has 148 valence electrons. The van der Waals surface area contributed by atoms with Gasteiger partial charge in [0.15, 0.2) is 5.75 Å². The summed E-state index contributed by atoms with van der Waals surface area (Å²) in [5.41, 5.74) is 0.415. The van der Waals surface area contributed by atoms with E-state index in [0.717, 1.165) is 0 Å². The molecule has 11 heteroatoms. The van der Waals surface area contributed by atoms with E-state index >= 15 is 0 Å². The Kier molecular flexibility index (Phi) is 5.41. The molecule has 1 heterocycles. The zero-order chi connectivity index (χ0) is 20.6. The second-order valence-corrected chi connectivity index (χ2v) is 6.14. The summed E-state index contributed by atoms with van der Waals surface area (Å²) in [6.45, 7) is -0.525. The van der Waals surface area contributed by atoms with Gasteiger partial charge in [-0.05, 0) is 17.7 Å². The lowest BCUT2D eigenvalue weighted by Gasteiger charge is -2.27. The summed E-state index contributed by atoms with van der Waals surface area (Å²) in [4.78, 5) is 24.3. The molecule has 0 saturated carbocycles. The average molecular weight is 421 g/mol. The monoisotopic (exact) mass is 420 g/mol. The van der Waals surface area contributed by atoms with Crippen LogP contribution in [0.3, 0.4) is 0 Å². The van der Waals surface area contributed by atoms with Gasteiger partial charge < -0.3 is 4.74 Å². The standard InChI is InChI=1S/C17H10ClF5N2O3/c18-8-2-1-7(5-9(8)25-4-3-10(26)24-17(25)27)6-28-16-14(22)12(20)11(19)13(21)15(16)23/h1-2,5H,3-4,6H2,(H,24,26,27). The third-order valence-electron chi connectivity index (χ3n) is 3.91. The summed E-state index contributed by atoms with van der Waals surface area (Å²) in [7, 11) is 0. The Morgan fingerprint density at radius 3 is 2.21 bits per heavy atom. The Morgan fingerprint density at radius 2 is 1.61 bits per heavy atom. The summed E-state index contributed by atoms with van der Waals surface area (Å²) < 4.78 is 71.6. The number of imide groups is 1. The zero-order valence-corrected chi connectivity index (χ0v) is 14.5. The van der Waals surface area contributed by atoms with Gasteiger partial charge in [-0.1, -0.05) is 17.7 Å². The third kappa shape index (κ3) is 3.59. The lowest BCUT2D eigenvalue weighted by atomic mass is 10.1. The first-order valence-corrected chi connectivity index (χ1v) is 8.12. The van der Waals surface area contributed by atoms with Crippen LogP contribution in [0.1, 0.15) is 12.0 Å². The van der Waals surface area contributed by atoms with E-state index < -0.39 is 53.4 Å². The van der Waals surface area contributed by atoms with Gasteiger partial charge in [0.05, 0.1) is 10.7 Å². The van der Waals surface area contributed by atoms with Crippen molar-refractivity contribution in [2.45, 2.75) is 13.0 Å². The van der Waals surface area contributed by atoms with Gasteiger partial charge in [0, 0.05) is 13.0 Å². The smallest absolute Gasteiger partial charge is 0.328 e. The van der Waals surface area contributed by atoms with Crippen LogP contribution in [-0.2, 0) is 11.4 Å². The molecule has 1 fully saturated rings. The van der Waals surface area contributed by atoms with Gasteiger partial charge in [0.1, 0.15) is 6.61 Å². The van der Waals surface area contributed by atoms with Gasteiger partial charge in [-0.2, -0.15) is 8.78 Å². The van der Waals surface area contributed by atoms with Crippen molar-refractivity contribution in [2.75, 3.05) is 11.4 Å². The highest BCUT2D eigenvalue weighted by atomic mass is 35.5. The number of halogens is 6. The minimum atomic E-state index is -2.29. The summed E-state index contributed by atoms with van der Waals surface area (Å²) in [5, 5.41) is 2.25. The quantitative estimate of drug-likeness (QED) is 0.461. The number of benzene rings is 2. The highest BCUT2D eigenvalue weighted by Crippen LogP contribution is 2.31. The molecule has 0 aliphatic carbocycles. The second-order valence-electron chi connectivity index (χ2n) is 5.73. The molecule has 2 aromatic rings. The molecule has 0 aromatic heterocycles. The molecule has 1 saturated heterocycles. The number of carbonyl (C=O) groups excluding carboxylic acids is 2. The molecule has 2 aromatic carbocycles. The minimum absolute atomic E-state index is 0.0351. The van der Waals surface area contributed by atoms with Crippen molar-refractivity contribution in [3.63, 3.8) is 0 Å². The lowest BCUT2D eigenvalue weighted by Crippen LogP contribution is -2.49. The maximum atomic E-state index is 13.7. The Bertz CT molecular complexity index is 957. The Labute approximate surface area is 159 Å². The average Bonchev–Trinajstić information content (AvgIpc) is 2.66. The zero-order valence-electron chi connectivity index (χ0n) is 13.8. The van der Waals surface area contributed by atoms with E-state index in [0.29, 0.717) is 0 Å².